The fraction of sp³-hybridized carbons (Fsp3) is 0.935. The molecule has 0 aliphatic carbocycles. The van der Waals surface area contributed by atoms with Gasteiger partial charge in [0.1, 0.15) is 13.2 Å². The van der Waals surface area contributed by atoms with Gasteiger partial charge in [0, 0.05) is 0 Å². The molecule has 0 spiro atoms. The molecular formula is C62H118O6. The summed E-state index contributed by atoms with van der Waals surface area (Å²) in [7, 11) is 0. The molecule has 0 aromatic rings. The number of hydrogen-bond donors (Lipinski definition) is 2. The topological polar surface area (TPSA) is 93.1 Å². The Morgan fingerprint density at radius 2 is 0.632 bits per heavy atom. The molecular weight excluding hydrogens is 841 g/mol. The van der Waals surface area contributed by atoms with Crippen LogP contribution in [0.4, 0.5) is 0 Å². The van der Waals surface area contributed by atoms with Crippen LogP contribution in [0.15, 0.2) is 12.2 Å². The Kier molecular flexibility index (Phi) is 49.4. The molecule has 6 heteroatoms. The number of carbonyl (C=O) groups excluding carboxylic acids is 2. The molecule has 6 nitrogen and oxygen atoms in total. The molecule has 1 rings (SSSR count). The number of allylic oxidation sites excluding steroid dienone is 2. The Morgan fingerprint density at radius 1 is 0.382 bits per heavy atom. The van der Waals surface area contributed by atoms with E-state index in [0.29, 0.717) is 6.42 Å². The van der Waals surface area contributed by atoms with Crippen LogP contribution in [0.25, 0.3) is 0 Å². The van der Waals surface area contributed by atoms with E-state index in [-0.39, 0.29) is 19.6 Å². The van der Waals surface area contributed by atoms with E-state index < -0.39 is 36.5 Å². The summed E-state index contributed by atoms with van der Waals surface area (Å²) in [6.45, 7) is 1.21. The predicted octanol–water partition coefficient (Wildman–Crippen LogP) is 19.1. The van der Waals surface area contributed by atoms with Gasteiger partial charge in [0.15, 0.2) is 0 Å². The molecule has 1 fully saturated rings. The van der Waals surface area contributed by atoms with E-state index in [4.69, 9.17) is 9.47 Å². The highest BCUT2D eigenvalue weighted by molar-refractivity contribution is 5.80. The van der Waals surface area contributed by atoms with Crippen molar-refractivity contribution in [3.63, 3.8) is 0 Å². The van der Waals surface area contributed by atoms with Crippen molar-refractivity contribution in [1.82, 2.24) is 0 Å². The van der Waals surface area contributed by atoms with Gasteiger partial charge in [-0.05, 0) is 32.1 Å². The van der Waals surface area contributed by atoms with E-state index in [9.17, 15) is 19.8 Å². The number of aliphatic hydroxyl groups is 2. The molecule has 2 N–H and O–H groups in total. The zero-order chi connectivity index (χ0) is 49.0. The van der Waals surface area contributed by atoms with Crippen LogP contribution in [-0.2, 0) is 19.1 Å². The van der Waals surface area contributed by atoms with Gasteiger partial charge in [-0.2, -0.15) is 0 Å². The molecule has 1 unspecified atom stereocenters. The number of esters is 2. The first-order valence-corrected chi connectivity index (χ1v) is 30.8. The van der Waals surface area contributed by atoms with Crippen LogP contribution in [0, 0.1) is 11.3 Å². The van der Waals surface area contributed by atoms with Gasteiger partial charge in [-0.1, -0.05) is 308 Å². The summed E-state index contributed by atoms with van der Waals surface area (Å²) < 4.78 is 10.6. The average Bonchev–Trinajstić information content (AvgIpc) is 3.40. The highest BCUT2D eigenvalue weighted by Gasteiger charge is 2.36. The van der Waals surface area contributed by atoms with Gasteiger partial charge >= 0.3 is 11.9 Å². The third-order valence-electron chi connectivity index (χ3n) is 15.3. The van der Waals surface area contributed by atoms with Gasteiger partial charge in [0.25, 0.3) is 0 Å². The molecule has 0 aromatic heterocycles. The minimum Gasteiger partial charge on any atom is -0.465 e. The number of hydrogen-bond acceptors (Lipinski definition) is 6. The first kappa shape index (κ1) is 64.6. The van der Waals surface area contributed by atoms with Crippen LogP contribution < -0.4 is 0 Å². The van der Waals surface area contributed by atoms with Gasteiger partial charge in [-0.15, -0.1) is 0 Å². The summed E-state index contributed by atoms with van der Waals surface area (Å²) in [6.07, 6.45) is 74.2. The van der Waals surface area contributed by atoms with Crippen molar-refractivity contribution in [1.29, 1.82) is 0 Å². The highest BCUT2D eigenvalue weighted by Crippen LogP contribution is 2.25. The van der Waals surface area contributed by atoms with Gasteiger partial charge in [-0.25, -0.2) is 0 Å². The second-order valence-corrected chi connectivity index (χ2v) is 22.1. The van der Waals surface area contributed by atoms with Crippen molar-refractivity contribution in [3.8, 4) is 0 Å². The van der Waals surface area contributed by atoms with E-state index in [1.165, 1.54) is 295 Å². The summed E-state index contributed by atoms with van der Waals surface area (Å²) in [5, 5.41) is 19.2. The Balaban J connectivity index is 1.68. The van der Waals surface area contributed by atoms with Crippen molar-refractivity contribution in [2.75, 3.05) is 26.4 Å². The molecule has 0 aromatic carbocycles. The van der Waals surface area contributed by atoms with Crippen LogP contribution in [-0.4, -0.2) is 48.6 Å². The maximum Gasteiger partial charge on any atom is 0.309 e. The zero-order valence-corrected chi connectivity index (χ0v) is 45.7. The number of ether oxygens (including phenoxy) is 2. The summed E-state index contributed by atoms with van der Waals surface area (Å²) in [4.78, 5) is 24.7. The minimum atomic E-state index is -1.12. The molecule has 0 radical (unpaired) electrons. The molecule has 402 valence electrons. The first-order valence-electron chi connectivity index (χ1n) is 30.8. The van der Waals surface area contributed by atoms with Crippen LogP contribution in [0.3, 0.4) is 0 Å². The first-order chi connectivity index (χ1) is 33.6. The fourth-order valence-electron chi connectivity index (χ4n) is 10.2. The van der Waals surface area contributed by atoms with Crippen LogP contribution >= 0.6 is 0 Å². The molecule has 1 heterocycles. The maximum absolute atomic E-state index is 12.5. The average molecular weight is 960 g/mol. The molecule has 0 bridgehead atoms. The zero-order valence-electron chi connectivity index (χ0n) is 45.7. The maximum atomic E-state index is 12.5. The van der Waals surface area contributed by atoms with Gasteiger partial charge < -0.3 is 19.7 Å². The van der Waals surface area contributed by atoms with Crippen LogP contribution in [0.5, 0.6) is 0 Å². The van der Waals surface area contributed by atoms with Gasteiger partial charge in [0.05, 0.1) is 31.0 Å². The summed E-state index contributed by atoms with van der Waals surface area (Å²) in [5.41, 5.74) is -1.12. The lowest BCUT2D eigenvalue weighted by atomic mass is 9.92. The second kappa shape index (κ2) is 51.9. The van der Waals surface area contributed by atoms with E-state index in [1.54, 1.807) is 0 Å². The summed E-state index contributed by atoms with van der Waals surface area (Å²) in [6, 6.07) is 0. The molecule has 1 aliphatic heterocycles. The quantitative estimate of drug-likeness (QED) is 0.0358. The van der Waals surface area contributed by atoms with Crippen molar-refractivity contribution in [2.24, 2.45) is 11.3 Å². The third kappa shape index (κ3) is 43.4. The fourth-order valence-corrected chi connectivity index (χ4v) is 10.2. The van der Waals surface area contributed by atoms with E-state index >= 15 is 0 Å². The molecule has 1 atom stereocenters. The second-order valence-electron chi connectivity index (χ2n) is 22.1. The number of aliphatic hydroxyl groups excluding tert-OH is 2. The smallest absolute Gasteiger partial charge is 0.309 e. The lowest BCUT2D eigenvalue weighted by Crippen LogP contribution is -2.40. The van der Waals surface area contributed by atoms with Gasteiger partial charge in [-0.3, -0.25) is 9.59 Å². The van der Waals surface area contributed by atoms with Gasteiger partial charge in [0.2, 0.25) is 0 Å². The Labute approximate surface area is 423 Å². The lowest BCUT2D eigenvalue weighted by Gasteiger charge is -2.27. The standard InChI is InChI=1S/C62H118O6/c1-2-3-4-5-6-7-8-9-10-11-12-13-14-15-16-17-18-19-20-21-22-23-24-25-26-27-28-29-30-31-32-33-34-35-36-37-38-39-40-41-42-43-44-45-46-47-48-49-50-51-52-53-59-54-60(65)67-57-62(55-63,56-64)58-68-61(59)66/h13-14,59,63-64H,2-12,15-58H2,1H3/b14-13+. The number of cyclic esters (lactones) is 2. The summed E-state index contributed by atoms with van der Waals surface area (Å²) >= 11 is 0. The van der Waals surface area contributed by atoms with E-state index in [1.807, 2.05) is 0 Å². The largest absolute Gasteiger partial charge is 0.465 e. The predicted molar refractivity (Wildman–Crippen MR) is 292 cm³/mol. The van der Waals surface area contributed by atoms with E-state index in [2.05, 4.69) is 19.1 Å². The van der Waals surface area contributed by atoms with Crippen molar-refractivity contribution < 1.29 is 29.3 Å². The molecule has 1 saturated heterocycles. The number of unbranched alkanes of at least 4 members (excludes halogenated alkanes) is 47. The monoisotopic (exact) mass is 959 g/mol. The lowest BCUT2D eigenvalue weighted by molar-refractivity contribution is -0.155. The Morgan fingerprint density at radius 3 is 0.912 bits per heavy atom. The molecule has 0 saturated carbocycles. The third-order valence-corrected chi connectivity index (χ3v) is 15.3. The molecule has 68 heavy (non-hydrogen) atoms. The van der Waals surface area contributed by atoms with Crippen LogP contribution in [0.1, 0.15) is 334 Å². The Hall–Kier alpha value is -1.40. The SMILES string of the molecule is CCCCCCCCCCCC/C=C/CCCCCCCCCCCCCCCCCCCCCCCCCCCCCCCCCCCCCCCC1CC(=O)OCC(CO)(CO)COC1=O. The number of carbonyl (C=O) groups is 2. The summed E-state index contributed by atoms with van der Waals surface area (Å²) in [5.74, 6) is -1.40. The molecule has 0 amide bonds. The molecule has 1 aliphatic rings. The minimum absolute atomic E-state index is 0.00501. The Bertz CT molecular complexity index is 1070. The number of rotatable bonds is 53. The normalized spacial score (nSPS) is 15.4. The van der Waals surface area contributed by atoms with E-state index in [0.717, 1.165) is 19.3 Å². The highest BCUT2D eigenvalue weighted by atomic mass is 16.6. The van der Waals surface area contributed by atoms with Crippen LogP contribution in [0.2, 0.25) is 0 Å². The van der Waals surface area contributed by atoms with Crippen molar-refractivity contribution >= 4 is 11.9 Å². The van der Waals surface area contributed by atoms with Crippen molar-refractivity contribution in [2.45, 2.75) is 334 Å². The van der Waals surface area contributed by atoms with Crippen molar-refractivity contribution in [3.05, 3.63) is 12.2 Å².